The number of likely N-dealkylation sites (tertiary alicyclic amines) is 1. The van der Waals surface area contributed by atoms with E-state index in [4.69, 9.17) is 22.4 Å². The van der Waals surface area contributed by atoms with Gasteiger partial charge in [0.2, 0.25) is 0 Å². The Kier molecular flexibility index (Phi) is 5.88. The number of thioether (sulfide) groups is 1. The SMILES string of the molecule is N=C1c2ccsc2SCN1C(=N)C1CCN(CCc2ccc(Cl)cc2)CC1. The molecule has 142 valence electrons. The number of nitrogens with one attached hydrogen (secondary N) is 2. The molecule has 0 bridgehead atoms. The lowest BCUT2D eigenvalue weighted by Gasteiger charge is -2.37. The van der Waals surface area contributed by atoms with Crippen LogP contribution >= 0.6 is 34.7 Å². The van der Waals surface area contributed by atoms with Gasteiger partial charge in [0.15, 0.2) is 0 Å². The average molecular weight is 419 g/mol. The zero-order valence-electron chi connectivity index (χ0n) is 15.1. The Labute approximate surface area is 173 Å². The van der Waals surface area contributed by atoms with Crippen molar-refractivity contribution in [3.8, 4) is 0 Å². The van der Waals surface area contributed by atoms with Crippen molar-refractivity contribution in [1.29, 1.82) is 10.8 Å². The van der Waals surface area contributed by atoms with Gasteiger partial charge in [0.25, 0.3) is 0 Å². The molecular weight excluding hydrogens is 396 g/mol. The van der Waals surface area contributed by atoms with E-state index in [1.54, 1.807) is 23.1 Å². The number of halogens is 1. The zero-order valence-corrected chi connectivity index (χ0v) is 17.5. The molecule has 0 radical (unpaired) electrons. The smallest absolute Gasteiger partial charge is 0.136 e. The molecule has 0 saturated carbocycles. The van der Waals surface area contributed by atoms with Crippen LogP contribution in [0.3, 0.4) is 0 Å². The van der Waals surface area contributed by atoms with Crippen LogP contribution in [-0.4, -0.2) is 47.0 Å². The minimum atomic E-state index is 0.262. The van der Waals surface area contributed by atoms with Crippen LogP contribution in [-0.2, 0) is 6.42 Å². The molecule has 1 aromatic carbocycles. The van der Waals surface area contributed by atoms with Crippen LogP contribution in [0.1, 0.15) is 24.0 Å². The van der Waals surface area contributed by atoms with E-state index in [-0.39, 0.29) is 5.92 Å². The third-order valence-corrected chi connectivity index (χ3v) is 7.84. The van der Waals surface area contributed by atoms with E-state index in [0.29, 0.717) is 17.5 Å². The Hall–Kier alpha value is -1.34. The van der Waals surface area contributed by atoms with Gasteiger partial charge in [-0.1, -0.05) is 35.5 Å². The summed E-state index contributed by atoms with van der Waals surface area (Å²) in [6.45, 7) is 3.10. The second-order valence-corrected chi connectivity index (χ2v) is 9.62. The van der Waals surface area contributed by atoms with Crippen LogP contribution in [0.2, 0.25) is 5.02 Å². The molecule has 4 nitrogen and oxygen atoms in total. The fourth-order valence-corrected chi connectivity index (χ4v) is 5.87. The molecule has 7 heteroatoms. The van der Waals surface area contributed by atoms with E-state index in [0.717, 1.165) is 49.5 Å². The number of fused-ring (bicyclic) bond motifs is 1. The molecule has 0 atom stereocenters. The van der Waals surface area contributed by atoms with Crippen LogP contribution in [0.4, 0.5) is 0 Å². The average Bonchev–Trinajstić information content (AvgIpc) is 3.18. The molecule has 0 aliphatic carbocycles. The summed E-state index contributed by atoms with van der Waals surface area (Å²) in [5.74, 6) is 2.09. The Balaban J connectivity index is 1.28. The predicted molar refractivity (Wildman–Crippen MR) is 116 cm³/mol. The first kappa shape index (κ1) is 19.0. The monoisotopic (exact) mass is 418 g/mol. The molecular formula is C20H23ClN4S2. The summed E-state index contributed by atoms with van der Waals surface area (Å²) >= 11 is 9.40. The van der Waals surface area contributed by atoms with E-state index in [2.05, 4.69) is 17.0 Å². The maximum atomic E-state index is 8.67. The van der Waals surface area contributed by atoms with Crippen molar-refractivity contribution < 1.29 is 0 Å². The fourth-order valence-electron chi connectivity index (χ4n) is 3.69. The van der Waals surface area contributed by atoms with Gasteiger partial charge < -0.3 is 9.80 Å². The van der Waals surface area contributed by atoms with E-state index in [1.165, 1.54) is 9.77 Å². The third kappa shape index (κ3) is 4.24. The summed E-state index contributed by atoms with van der Waals surface area (Å²) in [6, 6.07) is 10.1. The molecule has 0 amide bonds. The largest absolute Gasteiger partial charge is 0.304 e. The van der Waals surface area contributed by atoms with Crippen molar-refractivity contribution in [2.45, 2.75) is 23.5 Å². The van der Waals surface area contributed by atoms with Gasteiger partial charge in [-0.2, -0.15) is 0 Å². The number of hydrogen-bond donors (Lipinski definition) is 2. The van der Waals surface area contributed by atoms with E-state index in [1.807, 2.05) is 28.5 Å². The Morgan fingerprint density at radius 2 is 1.89 bits per heavy atom. The summed E-state index contributed by atoms with van der Waals surface area (Å²) in [6.07, 6.45) is 3.04. The predicted octanol–water partition coefficient (Wildman–Crippen LogP) is 5.02. The normalized spacial score (nSPS) is 18.6. The second-order valence-electron chi connectivity index (χ2n) is 7.05. The Morgan fingerprint density at radius 1 is 1.15 bits per heavy atom. The Bertz CT molecular complexity index is 825. The lowest BCUT2D eigenvalue weighted by Crippen LogP contribution is -2.45. The Morgan fingerprint density at radius 3 is 2.63 bits per heavy atom. The number of benzene rings is 1. The molecule has 0 unspecified atom stereocenters. The highest BCUT2D eigenvalue weighted by Gasteiger charge is 2.31. The van der Waals surface area contributed by atoms with E-state index >= 15 is 0 Å². The maximum absolute atomic E-state index is 8.67. The van der Waals surface area contributed by atoms with Crippen molar-refractivity contribution in [2.75, 3.05) is 25.5 Å². The number of hydrogen-bond acceptors (Lipinski definition) is 5. The second kappa shape index (κ2) is 8.35. The van der Waals surface area contributed by atoms with Crippen LogP contribution in [0.5, 0.6) is 0 Å². The first-order chi connectivity index (χ1) is 13.1. The lowest BCUT2D eigenvalue weighted by atomic mass is 9.94. The van der Waals surface area contributed by atoms with Crippen molar-refractivity contribution in [3.05, 3.63) is 51.9 Å². The van der Waals surface area contributed by atoms with Crippen LogP contribution in [0, 0.1) is 16.7 Å². The van der Waals surface area contributed by atoms with Gasteiger partial charge in [-0.25, -0.2) is 0 Å². The minimum absolute atomic E-state index is 0.262. The summed E-state index contributed by atoms with van der Waals surface area (Å²) in [5, 5.41) is 20.0. The molecule has 1 fully saturated rings. The van der Waals surface area contributed by atoms with Crippen molar-refractivity contribution >= 4 is 46.4 Å². The topological polar surface area (TPSA) is 54.2 Å². The first-order valence-corrected chi connectivity index (χ1v) is 11.5. The lowest BCUT2D eigenvalue weighted by molar-refractivity contribution is 0.208. The van der Waals surface area contributed by atoms with Gasteiger partial charge in [-0.05, 0) is 61.5 Å². The van der Waals surface area contributed by atoms with Gasteiger partial charge >= 0.3 is 0 Å². The number of nitrogens with zero attached hydrogens (tertiary/aromatic N) is 2. The highest BCUT2D eigenvalue weighted by Crippen LogP contribution is 2.36. The molecule has 2 N–H and O–H groups in total. The molecule has 0 spiro atoms. The highest BCUT2D eigenvalue weighted by atomic mass is 35.5. The third-order valence-electron chi connectivity index (χ3n) is 5.37. The maximum Gasteiger partial charge on any atom is 0.136 e. The summed E-state index contributed by atoms with van der Waals surface area (Å²) in [4.78, 5) is 4.39. The van der Waals surface area contributed by atoms with Gasteiger partial charge in [0, 0.05) is 23.0 Å². The number of amidine groups is 2. The standard InChI is InChI=1S/C20H23ClN4S2/c21-16-3-1-14(2-4-16)5-9-24-10-6-15(7-11-24)18(22)25-13-27-20-17(19(25)23)8-12-26-20/h1-4,8,12,15,22-23H,5-7,9-11,13H2. The van der Waals surface area contributed by atoms with Gasteiger partial charge in [0.1, 0.15) is 11.7 Å². The highest BCUT2D eigenvalue weighted by molar-refractivity contribution is 8.01. The molecule has 2 aromatic rings. The van der Waals surface area contributed by atoms with Crippen LogP contribution < -0.4 is 0 Å². The summed E-state index contributed by atoms with van der Waals surface area (Å²) < 4.78 is 1.21. The first-order valence-electron chi connectivity index (χ1n) is 9.24. The van der Waals surface area contributed by atoms with Crippen LogP contribution in [0.25, 0.3) is 0 Å². The van der Waals surface area contributed by atoms with Crippen molar-refractivity contribution in [3.63, 3.8) is 0 Å². The van der Waals surface area contributed by atoms with E-state index in [9.17, 15) is 0 Å². The number of rotatable bonds is 4. The van der Waals surface area contributed by atoms with Gasteiger partial charge in [0.05, 0.1) is 10.1 Å². The molecule has 2 aliphatic heterocycles. The molecule has 1 saturated heterocycles. The molecule has 3 heterocycles. The minimum Gasteiger partial charge on any atom is -0.304 e. The van der Waals surface area contributed by atoms with Crippen molar-refractivity contribution in [1.82, 2.24) is 9.80 Å². The number of piperidine rings is 1. The fraction of sp³-hybridized carbons (Fsp3) is 0.400. The zero-order chi connectivity index (χ0) is 18.8. The number of thiophene rings is 1. The molecule has 1 aromatic heterocycles. The summed E-state index contributed by atoms with van der Waals surface area (Å²) in [7, 11) is 0. The molecule has 4 rings (SSSR count). The van der Waals surface area contributed by atoms with Crippen LogP contribution in [0.15, 0.2) is 39.9 Å². The van der Waals surface area contributed by atoms with Gasteiger partial charge in [-0.3, -0.25) is 10.8 Å². The summed E-state index contributed by atoms with van der Waals surface area (Å²) in [5.41, 5.74) is 2.31. The molecule has 27 heavy (non-hydrogen) atoms. The quantitative estimate of drug-likeness (QED) is 0.541. The van der Waals surface area contributed by atoms with Crippen molar-refractivity contribution in [2.24, 2.45) is 5.92 Å². The van der Waals surface area contributed by atoms with Gasteiger partial charge in [-0.15, -0.1) is 11.3 Å². The van der Waals surface area contributed by atoms with E-state index < -0.39 is 0 Å². The molecule has 2 aliphatic rings.